The zero-order chi connectivity index (χ0) is 35.0. The Hall–Kier alpha value is -6.12. The van der Waals surface area contributed by atoms with Gasteiger partial charge in [-0.2, -0.15) is 0 Å². The highest BCUT2D eigenvalue weighted by Crippen LogP contribution is 2.49. The Morgan fingerprint density at radius 2 is 1.00 bits per heavy atom. The molecule has 2 heterocycles. The van der Waals surface area contributed by atoms with E-state index in [9.17, 15) is 0 Å². The largest absolute Gasteiger partial charge is 0.456 e. The van der Waals surface area contributed by atoms with E-state index in [1.54, 1.807) is 0 Å². The van der Waals surface area contributed by atoms with Gasteiger partial charge >= 0.3 is 0 Å². The van der Waals surface area contributed by atoms with Crippen LogP contribution in [0.5, 0.6) is 0 Å². The van der Waals surface area contributed by atoms with E-state index in [1.807, 2.05) is 0 Å². The van der Waals surface area contributed by atoms with Crippen LogP contribution in [0.1, 0.15) is 73.0 Å². The standard InChI is InChI=1S/C51H38O2/c1-31-26-37(30-48-49(31)44-25-21-35(28-47(44)53-48)33-14-6-3-7-15-33)51-42-18-10-8-16-40(42)50(41-17-9-11-19-43(41)51)36-22-24-39-38-23-20-34(32-12-4-2-5-13-32)27-45(38)52-46(39)29-36/h2-4,6,8-12,14,16-25,27-31H,5,7,13,15,26H2,1H3. The molecule has 0 radical (unpaired) electrons. The fourth-order valence-electron chi connectivity index (χ4n) is 9.38. The van der Waals surface area contributed by atoms with Crippen LogP contribution in [0.15, 0.2) is 148 Å². The van der Waals surface area contributed by atoms with Crippen LogP contribution in [0, 0.1) is 0 Å². The third-order valence-electron chi connectivity index (χ3n) is 11.9. The number of furan rings is 2. The van der Waals surface area contributed by atoms with E-state index >= 15 is 0 Å². The Bertz CT molecular complexity index is 2930. The number of fused-ring (bicyclic) bond motifs is 8. The van der Waals surface area contributed by atoms with Gasteiger partial charge in [-0.1, -0.05) is 116 Å². The molecule has 3 aliphatic rings. The second-order valence-corrected chi connectivity index (χ2v) is 15.0. The number of allylic oxidation sites excluding steroid dienone is 9. The van der Waals surface area contributed by atoms with Crippen molar-refractivity contribution in [3.05, 3.63) is 168 Å². The summed E-state index contributed by atoms with van der Waals surface area (Å²) in [5, 5.41) is 8.59. The van der Waals surface area contributed by atoms with Crippen molar-refractivity contribution in [1.82, 2.24) is 0 Å². The molecule has 3 aliphatic carbocycles. The molecular weight excluding hydrogens is 645 g/mol. The summed E-state index contributed by atoms with van der Waals surface area (Å²) in [5.74, 6) is 1.32. The van der Waals surface area contributed by atoms with Crippen LogP contribution < -0.4 is 0 Å². The summed E-state index contributed by atoms with van der Waals surface area (Å²) in [7, 11) is 0. The lowest BCUT2D eigenvalue weighted by atomic mass is 9.79. The Balaban J connectivity index is 1.07. The van der Waals surface area contributed by atoms with Gasteiger partial charge in [0.2, 0.25) is 0 Å². The normalized spacial score (nSPS) is 17.2. The van der Waals surface area contributed by atoms with Gasteiger partial charge in [0.05, 0.1) is 0 Å². The minimum Gasteiger partial charge on any atom is -0.456 e. The van der Waals surface area contributed by atoms with Crippen LogP contribution in [0.2, 0.25) is 0 Å². The maximum Gasteiger partial charge on any atom is 0.136 e. The Morgan fingerprint density at radius 1 is 0.491 bits per heavy atom. The maximum absolute atomic E-state index is 6.73. The highest BCUT2D eigenvalue weighted by atomic mass is 16.3. The smallest absolute Gasteiger partial charge is 0.136 e. The first kappa shape index (κ1) is 30.5. The molecule has 2 aromatic heterocycles. The third-order valence-corrected chi connectivity index (χ3v) is 11.9. The van der Waals surface area contributed by atoms with Gasteiger partial charge < -0.3 is 8.83 Å². The Morgan fingerprint density at radius 3 is 1.57 bits per heavy atom. The average Bonchev–Trinajstić information content (AvgIpc) is 3.77. The van der Waals surface area contributed by atoms with Crippen LogP contribution in [-0.4, -0.2) is 0 Å². The highest BCUT2D eigenvalue weighted by Gasteiger charge is 2.28. The van der Waals surface area contributed by atoms with E-state index < -0.39 is 0 Å². The maximum atomic E-state index is 6.73. The highest BCUT2D eigenvalue weighted by molar-refractivity contribution is 6.20. The first-order valence-electron chi connectivity index (χ1n) is 19.1. The van der Waals surface area contributed by atoms with Gasteiger partial charge in [0.15, 0.2) is 0 Å². The molecule has 0 aliphatic heterocycles. The van der Waals surface area contributed by atoms with Crippen molar-refractivity contribution in [3.8, 4) is 11.1 Å². The average molecular weight is 683 g/mol. The molecule has 0 fully saturated rings. The molecule has 2 heteroatoms. The Labute approximate surface area is 308 Å². The molecule has 0 spiro atoms. The topological polar surface area (TPSA) is 26.3 Å². The van der Waals surface area contributed by atoms with Crippen LogP contribution in [0.4, 0.5) is 0 Å². The molecule has 6 aromatic carbocycles. The molecule has 0 N–H and O–H groups in total. The predicted octanol–water partition coefficient (Wildman–Crippen LogP) is 14.8. The molecule has 0 amide bonds. The lowest BCUT2D eigenvalue weighted by Crippen LogP contribution is -2.03. The third kappa shape index (κ3) is 4.86. The van der Waals surface area contributed by atoms with E-state index in [0.717, 1.165) is 65.4 Å². The minimum absolute atomic E-state index is 0.327. The summed E-state index contributed by atoms with van der Waals surface area (Å²) < 4.78 is 13.4. The van der Waals surface area contributed by atoms with Crippen LogP contribution in [-0.2, 0) is 0 Å². The SMILES string of the molecule is CC1CC(c2c3ccccc3c(-c3ccc4c(c3)oc3cc(C5=CC=CCC5)ccc34)c3ccccc23)=Cc2oc3cc(C4=CC=CCC4)ccc3c21. The lowest BCUT2D eigenvalue weighted by Gasteiger charge is -2.24. The summed E-state index contributed by atoms with van der Waals surface area (Å²) in [5.41, 5.74) is 14.5. The molecule has 1 unspecified atom stereocenters. The van der Waals surface area contributed by atoms with Crippen molar-refractivity contribution in [2.45, 2.75) is 44.9 Å². The quantitative estimate of drug-likeness (QED) is 0.173. The number of rotatable bonds is 4. The molecule has 8 aromatic rings. The number of hydrogen-bond donors (Lipinski definition) is 0. The zero-order valence-electron chi connectivity index (χ0n) is 29.8. The van der Waals surface area contributed by atoms with Gasteiger partial charge in [0.1, 0.15) is 22.5 Å². The molecule has 1 atom stereocenters. The molecule has 254 valence electrons. The van der Waals surface area contributed by atoms with Gasteiger partial charge in [0, 0.05) is 21.7 Å². The molecule has 11 rings (SSSR count). The minimum atomic E-state index is 0.327. The molecule has 0 saturated heterocycles. The first-order chi connectivity index (χ1) is 26.2. The monoisotopic (exact) mass is 682 g/mol. The van der Waals surface area contributed by atoms with Crippen molar-refractivity contribution in [3.63, 3.8) is 0 Å². The van der Waals surface area contributed by atoms with Crippen LogP contribution in [0.3, 0.4) is 0 Å². The number of benzene rings is 6. The molecule has 0 bridgehead atoms. The van der Waals surface area contributed by atoms with E-state index in [-0.39, 0.29) is 0 Å². The van der Waals surface area contributed by atoms with Crippen molar-refractivity contribution >= 4 is 77.2 Å². The van der Waals surface area contributed by atoms with E-state index in [2.05, 4.69) is 153 Å². The zero-order valence-corrected chi connectivity index (χ0v) is 29.8. The van der Waals surface area contributed by atoms with E-state index in [0.29, 0.717) is 5.92 Å². The van der Waals surface area contributed by atoms with Crippen LogP contribution >= 0.6 is 0 Å². The first-order valence-corrected chi connectivity index (χ1v) is 19.1. The van der Waals surface area contributed by atoms with Gasteiger partial charge in [-0.3, -0.25) is 0 Å². The molecule has 2 nitrogen and oxygen atoms in total. The fourth-order valence-corrected chi connectivity index (χ4v) is 9.38. The van der Waals surface area contributed by atoms with Gasteiger partial charge in [-0.15, -0.1) is 0 Å². The second-order valence-electron chi connectivity index (χ2n) is 15.0. The van der Waals surface area contributed by atoms with Gasteiger partial charge in [-0.25, -0.2) is 0 Å². The predicted molar refractivity (Wildman–Crippen MR) is 224 cm³/mol. The fraction of sp³-hybridized carbons (Fsp3) is 0.137. The van der Waals surface area contributed by atoms with E-state index in [1.165, 1.54) is 77.0 Å². The summed E-state index contributed by atoms with van der Waals surface area (Å²) in [4.78, 5) is 0. The summed E-state index contributed by atoms with van der Waals surface area (Å²) in [6.45, 7) is 2.36. The van der Waals surface area contributed by atoms with Crippen molar-refractivity contribution in [2.75, 3.05) is 0 Å². The lowest BCUT2D eigenvalue weighted by molar-refractivity contribution is 0.588. The number of hydrogen-bond acceptors (Lipinski definition) is 2. The Kier molecular flexibility index (Phi) is 6.89. The van der Waals surface area contributed by atoms with Gasteiger partial charge in [0.25, 0.3) is 0 Å². The summed E-state index contributed by atoms with van der Waals surface area (Å²) in [6.07, 6.45) is 20.9. The van der Waals surface area contributed by atoms with Crippen molar-refractivity contribution in [1.29, 1.82) is 0 Å². The van der Waals surface area contributed by atoms with Crippen molar-refractivity contribution < 1.29 is 8.83 Å². The summed E-state index contributed by atoms with van der Waals surface area (Å²) in [6, 6.07) is 38.2. The van der Waals surface area contributed by atoms with Gasteiger partial charge in [-0.05, 0) is 141 Å². The molecular formula is C51H38O2. The molecule has 53 heavy (non-hydrogen) atoms. The van der Waals surface area contributed by atoms with E-state index in [4.69, 9.17) is 8.83 Å². The summed E-state index contributed by atoms with van der Waals surface area (Å²) >= 11 is 0. The van der Waals surface area contributed by atoms with Crippen molar-refractivity contribution in [2.24, 2.45) is 0 Å². The van der Waals surface area contributed by atoms with Crippen LogP contribution in [0.25, 0.3) is 88.4 Å². The second kappa shape index (κ2) is 12.0. The molecule has 0 saturated carbocycles.